The van der Waals surface area contributed by atoms with Crippen LogP contribution in [0.2, 0.25) is 0 Å². The smallest absolute Gasteiger partial charge is 0.171 e. The van der Waals surface area contributed by atoms with Gasteiger partial charge >= 0.3 is 0 Å². The van der Waals surface area contributed by atoms with E-state index in [1.54, 1.807) is 0 Å². The molecule has 0 N–H and O–H groups in total. The first-order valence-corrected chi connectivity index (χ1v) is 8.67. The SMILES string of the molecule is CCc1cc(N2CCC(C(=O)c3c(F)cc(F)cc3F)CC2)nc(C)n1. The van der Waals surface area contributed by atoms with Crippen LogP contribution in [0.5, 0.6) is 0 Å². The fraction of sp³-hybridized carbons (Fsp3) is 0.421. The van der Waals surface area contributed by atoms with Crippen molar-refractivity contribution in [3.05, 3.63) is 52.7 Å². The van der Waals surface area contributed by atoms with Crippen molar-refractivity contribution in [2.45, 2.75) is 33.1 Å². The molecule has 4 nitrogen and oxygen atoms in total. The van der Waals surface area contributed by atoms with E-state index in [2.05, 4.69) is 14.9 Å². The maximum Gasteiger partial charge on any atom is 0.171 e. The van der Waals surface area contributed by atoms with E-state index in [9.17, 15) is 18.0 Å². The molecule has 0 amide bonds. The largest absolute Gasteiger partial charge is 0.356 e. The van der Waals surface area contributed by atoms with Gasteiger partial charge in [-0.2, -0.15) is 0 Å². The first kappa shape index (κ1) is 18.4. The molecule has 0 radical (unpaired) electrons. The molecule has 0 unspecified atom stereocenters. The molecule has 138 valence electrons. The summed E-state index contributed by atoms with van der Waals surface area (Å²) in [5.74, 6) is -2.92. The van der Waals surface area contributed by atoms with Crippen LogP contribution in [0.4, 0.5) is 19.0 Å². The lowest BCUT2D eigenvalue weighted by atomic mass is 9.88. The highest BCUT2D eigenvalue weighted by Crippen LogP contribution is 2.27. The van der Waals surface area contributed by atoms with Crippen molar-refractivity contribution in [1.29, 1.82) is 0 Å². The fourth-order valence-electron chi connectivity index (χ4n) is 3.31. The molecule has 1 aromatic heterocycles. The summed E-state index contributed by atoms with van der Waals surface area (Å²) in [4.78, 5) is 23.3. The Hall–Kier alpha value is -2.44. The third kappa shape index (κ3) is 3.71. The van der Waals surface area contributed by atoms with E-state index in [1.807, 2.05) is 19.9 Å². The highest BCUT2D eigenvalue weighted by atomic mass is 19.1. The van der Waals surface area contributed by atoms with E-state index in [4.69, 9.17) is 0 Å². The van der Waals surface area contributed by atoms with E-state index in [0.717, 1.165) is 17.9 Å². The van der Waals surface area contributed by atoms with Gasteiger partial charge in [-0.3, -0.25) is 4.79 Å². The summed E-state index contributed by atoms with van der Waals surface area (Å²) in [5.41, 5.74) is 0.303. The monoisotopic (exact) mass is 363 g/mol. The van der Waals surface area contributed by atoms with Crippen LogP contribution in [-0.2, 0) is 6.42 Å². The molecule has 1 aliphatic heterocycles. The molecule has 7 heteroatoms. The summed E-state index contributed by atoms with van der Waals surface area (Å²) in [7, 11) is 0. The molecule has 0 bridgehead atoms. The van der Waals surface area contributed by atoms with E-state index in [1.165, 1.54) is 0 Å². The predicted octanol–water partition coefficient (Wildman–Crippen LogP) is 3.86. The number of hydrogen-bond acceptors (Lipinski definition) is 4. The Morgan fingerprint density at radius 1 is 1.12 bits per heavy atom. The third-order valence-electron chi connectivity index (χ3n) is 4.68. The normalized spacial score (nSPS) is 15.3. The molecule has 0 saturated carbocycles. The zero-order valence-electron chi connectivity index (χ0n) is 14.7. The molecule has 0 aliphatic carbocycles. The Kier molecular flexibility index (Phi) is 5.25. The van der Waals surface area contributed by atoms with Gasteiger partial charge in [0.15, 0.2) is 5.78 Å². The topological polar surface area (TPSA) is 46.1 Å². The molecule has 1 aliphatic rings. The highest BCUT2D eigenvalue weighted by Gasteiger charge is 2.30. The lowest BCUT2D eigenvalue weighted by molar-refractivity contribution is 0.0891. The van der Waals surface area contributed by atoms with Gasteiger partial charge in [-0.25, -0.2) is 23.1 Å². The Bertz CT molecular complexity index is 810. The van der Waals surface area contributed by atoms with Crippen molar-refractivity contribution in [2.24, 2.45) is 5.92 Å². The highest BCUT2D eigenvalue weighted by molar-refractivity contribution is 5.98. The van der Waals surface area contributed by atoms with Crippen molar-refractivity contribution in [1.82, 2.24) is 9.97 Å². The molecular weight excluding hydrogens is 343 g/mol. The minimum Gasteiger partial charge on any atom is -0.356 e. The first-order chi connectivity index (χ1) is 12.4. The van der Waals surface area contributed by atoms with E-state index >= 15 is 0 Å². The molecule has 26 heavy (non-hydrogen) atoms. The molecule has 2 heterocycles. The van der Waals surface area contributed by atoms with Crippen molar-refractivity contribution >= 4 is 11.6 Å². The van der Waals surface area contributed by atoms with Crippen molar-refractivity contribution in [3.8, 4) is 0 Å². The number of ketones is 1. The van der Waals surface area contributed by atoms with Crippen molar-refractivity contribution in [2.75, 3.05) is 18.0 Å². The molecular formula is C19H20F3N3O. The summed E-state index contributed by atoms with van der Waals surface area (Å²) in [5, 5.41) is 0. The Balaban J connectivity index is 1.73. The quantitative estimate of drug-likeness (QED) is 0.774. The molecule has 3 rings (SSSR count). The van der Waals surface area contributed by atoms with Crippen LogP contribution < -0.4 is 4.90 Å². The Labute approximate surface area is 150 Å². The van der Waals surface area contributed by atoms with Crippen LogP contribution in [0, 0.1) is 30.3 Å². The van der Waals surface area contributed by atoms with Gasteiger partial charge in [0, 0.05) is 42.9 Å². The standard InChI is InChI=1S/C19H20F3N3O/c1-3-14-10-17(24-11(2)23-14)25-6-4-12(5-7-25)19(26)18-15(21)8-13(20)9-16(18)22/h8-10,12H,3-7H2,1-2H3. The second-order valence-electron chi connectivity index (χ2n) is 6.49. The Morgan fingerprint density at radius 2 is 1.73 bits per heavy atom. The number of aromatic nitrogens is 2. The number of aryl methyl sites for hydroxylation is 2. The van der Waals surface area contributed by atoms with Gasteiger partial charge in [0.25, 0.3) is 0 Å². The van der Waals surface area contributed by atoms with E-state index in [-0.39, 0.29) is 0 Å². The van der Waals surface area contributed by atoms with Crippen molar-refractivity contribution < 1.29 is 18.0 Å². The number of benzene rings is 1. The number of carbonyl (C=O) groups is 1. The lowest BCUT2D eigenvalue weighted by Crippen LogP contribution is -2.37. The van der Waals surface area contributed by atoms with Crippen LogP contribution >= 0.6 is 0 Å². The zero-order valence-corrected chi connectivity index (χ0v) is 14.7. The third-order valence-corrected chi connectivity index (χ3v) is 4.68. The first-order valence-electron chi connectivity index (χ1n) is 8.67. The average Bonchev–Trinajstić information content (AvgIpc) is 2.60. The summed E-state index contributed by atoms with van der Waals surface area (Å²) in [6.45, 7) is 4.96. The molecule has 2 aromatic rings. The van der Waals surface area contributed by atoms with Gasteiger partial charge < -0.3 is 4.90 Å². The number of nitrogens with zero attached hydrogens (tertiary/aromatic N) is 3. The van der Waals surface area contributed by atoms with Crippen LogP contribution in [0.3, 0.4) is 0 Å². The lowest BCUT2D eigenvalue weighted by Gasteiger charge is -2.32. The average molecular weight is 363 g/mol. The number of rotatable bonds is 4. The molecule has 0 atom stereocenters. The number of Topliss-reactive ketones (excluding diaryl/α,β-unsaturated/α-hetero) is 1. The molecule has 1 fully saturated rings. The summed E-state index contributed by atoms with van der Waals surface area (Å²) in [6.07, 6.45) is 1.72. The number of carbonyl (C=O) groups excluding carboxylic acids is 1. The number of halogens is 3. The predicted molar refractivity (Wildman–Crippen MR) is 91.7 cm³/mol. The van der Waals surface area contributed by atoms with Gasteiger partial charge in [-0.05, 0) is 26.2 Å². The number of piperidine rings is 1. The molecule has 1 saturated heterocycles. The summed E-state index contributed by atoms with van der Waals surface area (Å²) >= 11 is 0. The van der Waals surface area contributed by atoms with Crippen LogP contribution in [0.25, 0.3) is 0 Å². The van der Waals surface area contributed by atoms with Gasteiger partial charge in [0.2, 0.25) is 0 Å². The second-order valence-corrected chi connectivity index (χ2v) is 6.49. The minimum atomic E-state index is -1.14. The van der Waals surface area contributed by atoms with Crippen LogP contribution in [-0.4, -0.2) is 28.8 Å². The number of anilines is 1. The van der Waals surface area contributed by atoms with Gasteiger partial charge in [-0.15, -0.1) is 0 Å². The fourth-order valence-corrected chi connectivity index (χ4v) is 3.31. The summed E-state index contributed by atoms with van der Waals surface area (Å²) < 4.78 is 40.8. The van der Waals surface area contributed by atoms with Gasteiger partial charge in [0.1, 0.15) is 29.1 Å². The van der Waals surface area contributed by atoms with Crippen LogP contribution in [0.15, 0.2) is 18.2 Å². The van der Waals surface area contributed by atoms with E-state index in [0.29, 0.717) is 43.9 Å². The van der Waals surface area contributed by atoms with Crippen molar-refractivity contribution in [3.63, 3.8) is 0 Å². The minimum absolute atomic E-state index is 0.458. The summed E-state index contributed by atoms with van der Waals surface area (Å²) in [6, 6.07) is 3.01. The molecule has 1 aromatic carbocycles. The maximum atomic E-state index is 13.9. The Morgan fingerprint density at radius 3 is 2.31 bits per heavy atom. The van der Waals surface area contributed by atoms with Crippen LogP contribution in [0.1, 0.15) is 41.6 Å². The van der Waals surface area contributed by atoms with E-state index < -0.39 is 34.7 Å². The number of hydrogen-bond donors (Lipinski definition) is 0. The van der Waals surface area contributed by atoms with Gasteiger partial charge in [0.05, 0.1) is 5.56 Å². The maximum absolute atomic E-state index is 13.9. The second kappa shape index (κ2) is 7.43. The van der Waals surface area contributed by atoms with Gasteiger partial charge in [-0.1, -0.05) is 6.92 Å². The zero-order chi connectivity index (χ0) is 18.8. The molecule has 0 spiro atoms.